The first-order valence-electron chi connectivity index (χ1n) is 9.25. The Kier molecular flexibility index (Phi) is 5.19. The molecule has 0 saturated heterocycles. The van der Waals surface area contributed by atoms with Gasteiger partial charge in [-0.05, 0) is 48.6 Å². The number of aliphatic hydroxyl groups is 1. The summed E-state index contributed by atoms with van der Waals surface area (Å²) < 4.78 is 7.21. The molecule has 30 heavy (non-hydrogen) atoms. The van der Waals surface area contributed by atoms with Crippen molar-refractivity contribution in [1.82, 2.24) is 9.61 Å². The number of fused-ring (bicyclic) bond motifs is 1. The van der Waals surface area contributed by atoms with Crippen LogP contribution >= 0.6 is 0 Å². The summed E-state index contributed by atoms with van der Waals surface area (Å²) in [6.45, 7) is -0.0455. The summed E-state index contributed by atoms with van der Waals surface area (Å²) in [6, 6.07) is 12.8. The van der Waals surface area contributed by atoms with Crippen LogP contribution in [0.1, 0.15) is 0 Å². The van der Waals surface area contributed by atoms with Crippen LogP contribution < -0.4 is 21.5 Å². The van der Waals surface area contributed by atoms with Gasteiger partial charge in [-0.3, -0.25) is 5.41 Å². The molecule has 9 heteroatoms. The van der Waals surface area contributed by atoms with Gasteiger partial charge in [0, 0.05) is 17.6 Å². The summed E-state index contributed by atoms with van der Waals surface area (Å²) in [5.74, 6) is 0.289. The van der Waals surface area contributed by atoms with E-state index >= 15 is 0 Å². The smallest absolute Gasteiger partial charge is 0.260 e. The van der Waals surface area contributed by atoms with Crippen molar-refractivity contribution >= 4 is 34.0 Å². The van der Waals surface area contributed by atoms with Crippen molar-refractivity contribution in [2.75, 3.05) is 24.3 Å². The summed E-state index contributed by atoms with van der Waals surface area (Å²) in [6.07, 6.45) is 5.03. The molecule has 0 atom stereocenters. The number of ether oxygens (including phenoxy) is 1. The minimum absolute atomic E-state index is 0.0947. The van der Waals surface area contributed by atoms with Crippen LogP contribution in [0.2, 0.25) is 0 Å². The molecule has 0 fully saturated rings. The molecule has 7 N–H and O–H groups in total. The standard InChI is InChI=1S/C21H21N7O2/c22-13-4-6-14(7-5-13)25-17-12-18(16(24)11-15(17)23)26-20-19-3-1-2-8-28(19)27-21(20)30-10-9-29/h1-8,11-12,23,25,29H,9-10,22,24H2. The van der Waals surface area contributed by atoms with Gasteiger partial charge >= 0.3 is 0 Å². The highest BCUT2D eigenvalue weighted by atomic mass is 16.5. The van der Waals surface area contributed by atoms with Crippen LogP contribution in [0.15, 0.2) is 77.2 Å². The Hall–Kier alpha value is -4.11. The van der Waals surface area contributed by atoms with Crippen LogP contribution in [-0.2, 0) is 0 Å². The van der Waals surface area contributed by atoms with E-state index in [1.807, 2.05) is 30.3 Å². The van der Waals surface area contributed by atoms with Gasteiger partial charge in [-0.25, -0.2) is 9.51 Å². The van der Waals surface area contributed by atoms with Gasteiger partial charge in [0.05, 0.1) is 34.9 Å². The number of pyridine rings is 1. The molecule has 1 aromatic carbocycles. The van der Waals surface area contributed by atoms with Crippen molar-refractivity contribution in [3.8, 4) is 5.88 Å². The lowest BCUT2D eigenvalue weighted by Crippen LogP contribution is -2.21. The molecule has 1 aliphatic carbocycles. The molecule has 9 nitrogen and oxygen atoms in total. The lowest BCUT2D eigenvalue weighted by atomic mass is 10.0. The third-order valence-electron chi connectivity index (χ3n) is 4.40. The zero-order valence-corrected chi connectivity index (χ0v) is 16.0. The minimum atomic E-state index is -0.140. The number of nitrogens with zero attached hydrogens (tertiary/aromatic N) is 3. The maximum Gasteiger partial charge on any atom is 0.260 e. The van der Waals surface area contributed by atoms with Crippen molar-refractivity contribution in [2.24, 2.45) is 10.7 Å². The number of nitrogen functional groups attached to an aromatic ring is 1. The number of anilines is 2. The molecule has 152 valence electrons. The van der Waals surface area contributed by atoms with Gasteiger partial charge in [0.25, 0.3) is 5.88 Å². The van der Waals surface area contributed by atoms with Crippen molar-refractivity contribution < 1.29 is 9.84 Å². The summed E-state index contributed by atoms with van der Waals surface area (Å²) in [5, 5.41) is 24.9. The first kappa shape index (κ1) is 19.2. The molecule has 0 spiro atoms. The number of nitrogens with two attached hydrogens (primary N) is 2. The molecule has 0 bridgehead atoms. The van der Waals surface area contributed by atoms with E-state index in [1.165, 1.54) is 0 Å². The van der Waals surface area contributed by atoms with E-state index in [1.54, 1.807) is 35.0 Å². The Balaban J connectivity index is 1.74. The molecular formula is C21H21N7O2. The maximum absolute atomic E-state index is 9.10. The fraction of sp³-hybridized carbons (Fsp3) is 0.0952. The summed E-state index contributed by atoms with van der Waals surface area (Å²) in [4.78, 5) is 4.68. The Labute approximate surface area is 172 Å². The van der Waals surface area contributed by atoms with E-state index in [0.717, 1.165) is 11.2 Å². The monoisotopic (exact) mass is 403 g/mol. The molecule has 2 heterocycles. The molecule has 2 aromatic heterocycles. The van der Waals surface area contributed by atoms with E-state index in [4.69, 9.17) is 26.7 Å². The Morgan fingerprint density at radius 2 is 1.93 bits per heavy atom. The van der Waals surface area contributed by atoms with Crippen LogP contribution in [0.25, 0.3) is 5.52 Å². The fourth-order valence-corrected chi connectivity index (χ4v) is 2.96. The van der Waals surface area contributed by atoms with Gasteiger partial charge in [0.1, 0.15) is 6.61 Å². The minimum Gasteiger partial charge on any atom is -0.473 e. The van der Waals surface area contributed by atoms with Gasteiger partial charge in [-0.1, -0.05) is 6.07 Å². The highest BCUT2D eigenvalue weighted by Gasteiger charge is 2.18. The topological polar surface area (TPSA) is 147 Å². The molecular weight excluding hydrogens is 382 g/mol. The molecule has 0 radical (unpaired) electrons. The Morgan fingerprint density at radius 1 is 1.13 bits per heavy atom. The normalized spacial score (nSPS) is 15.2. The van der Waals surface area contributed by atoms with E-state index in [0.29, 0.717) is 28.5 Å². The molecule has 1 aliphatic rings. The number of aromatic nitrogens is 2. The van der Waals surface area contributed by atoms with E-state index in [2.05, 4.69) is 15.4 Å². The number of allylic oxidation sites excluding steroid dienone is 2. The molecule has 3 aromatic rings. The number of hydrogen-bond acceptors (Lipinski definition) is 8. The number of hydrogen-bond donors (Lipinski definition) is 5. The molecule has 0 saturated carbocycles. The van der Waals surface area contributed by atoms with Crippen LogP contribution in [0.4, 0.5) is 17.1 Å². The molecule has 0 unspecified atom stereocenters. The van der Waals surface area contributed by atoms with E-state index < -0.39 is 0 Å². The van der Waals surface area contributed by atoms with Gasteiger partial charge < -0.3 is 26.6 Å². The number of benzene rings is 1. The second-order valence-corrected chi connectivity index (χ2v) is 6.57. The van der Waals surface area contributed by atoms with E-state index in [-0.39, 0.29) is 24.8 Å². The van der Waals surface area contributed by atoms with E-state index in [9.17, 15) is 0 Å². The summed E-state index contributed by atoms with van der Waals surface area (Å²) >= 11 is 0. The predicted molar refractivity (Wildman–Crippen MR) is 117 cm³/mol. The lowest BCUT2D eigenvalue weighted by Gasteiger charge is -2.16. The van der Waals surface area contributed by atoms with Crippen molar-refractivity contribution in [3.05, 3.63) is 72.2 Å². The summed E-state index contributed by atoms with van der Waals surface area (Å²) in [5.41, 5.74) is 16.1. The largest absolute Gasteiger partial charge is 0.473 e. The number of aliphatic hydroxyl groups excluding tert-OH is 1. The highest BCUT2D eigenvalue weighted by Crippen LogP contribution is 2.32. The summed E-state index contributed by atoms with van der Waals surface area (Å²) in [7, 11) is 0. The Bertz CT molecular complexity index is 1190. The zero-order valence-electron chi connectivity index (χ0n) is 16.0. The quantitative estimate of drug-likeness (QED) is 0.315. The average Bonchev–Trinajstić information content (AvgIpc) is 3.09. The van der Waals surface area contributed by atoms with Crippen molar-refractivity contribution in [2.45, 2.75) is 0 Å². The highest BCUT2D eigenvalue weighted by molar-refractivity contribution is 6.24. The SMILES string of the molecule is N=C1C=C(N)C(=Nc2c(OCCO)nn3ccccc23)C=C1Nc1ccc(N)cc1. The number of aliphatic imine (C=N–C) groups is 1. The van der Waals surface area contributed by atoms with Crippen LogP contribution in [0.3, 0.4) is 0 Å². The van der Waals surface area contributed by atoms with Crippen LogP contribution in [0, 0.1) is 5.41 Å². The third kappa shape index (κ3) is 3.87. The molecule has 4 rings (SSSR count). The first-order chi connectivity index (χ1) is 14.5. The third-order valence-corrected chi connectivity index (χ3v) is 4.40. The Morgan fingerprint density at radius 3 is 2.70 bits per heavy atom. The maximum atomic E-state index is 9.10. The lowest BCUT2D eigenvalue weighted by molar-refractivity contribution is 0.197. The van der Waals surface area contributed by atoms with Gasteiger partial charge in [-0.15, -0.1) is 5.10 Å². The van der Waals surface area contributed by atoms with Crippen molar-refractivity contribution in [1.29, 1.82) is 5.41 Å². The first-order valence-corrected chi connectivity index (χ1v) is 9.25. The second-order valence-electron chi connectivity index (χ2n) is 6.57. The number of rotatable bonds is 6. The van der Waals surface area contributed by atoms with Crippen LogP contribution in [-0.4, -0.2) is 39.4 Å². The number of nitrogens with one attached hydrogen (secondary N) is 2. The molecule has 0 amide bonds. The second kappa shape index (κ2) is 8.10. The fourth-order valence-electron chi connectivity index (χ4n) is 2.96. The average molecular weight is 403 g/mol. The predicted octanol–water partition coefficient (Wildman–Crippen LogP) is 2.23. The van der Waals surface area contributed by atoms with Gasteiger partial charge in [0.15, 0.2) is 5.69 Å². The van der Waals surface area contributed by atoms with Crippen LogP contribution in [0.5, 0.6) is 5.88 Å². The van der Waals surface area contributed by atoms with Gasteiger partial charge in [-0.2, -0.15) is 0 Å². The van der Waals surface area contributed by atoms with Gasteiger partial charge in [0.2, 0.25) is 0 Å². The van der Waals surface area contributed by atoms with Crippen molar-refractivity contribution in [3.63, 3.8) is 0 Å². The zero-order chi connectivity index (χ0) is 21.1. The molecule has 0 aliphatic heterocycles.